The summed E-state index contributed by atoms with van der Waals surface area (Å²) in [5.74, 6) is 1.62. The number of likely N-dealkylation sites (N-methyl/N-ethyl adjacent to an activating group) is 1. The fraction of sp³-hybridized carbons (Fsp3) is 0.571. The molecule has 0 bridgehead atoms. The van der Waals surface area contributed by atoms with Crippen molar-refractivity contribution in [2.24, 2.45) is 0 Å². The van der Waals surface area contributed by atoms with Crippen molar-refractivity contribution in [2.45, 2.75) is 13.0 Å². The Morgan fingerprint density at radius 1 is 1.40 bits per heavy atom. The molecule has 5 nitrogen and oxygen atoms in total. The van der Waals surface area contributed by atoms with Crippen molar-refractivity contribution >= 4 is 24.4 Å². The number of aromatic nitrogens is 1. The third-order valence-electron chi connectivity index (χ3n) is 3.47. The minimum atomic E-state index is 0.0398. The highest BCUT2D eigenvalue weighted by Crippen LogP contribution is 2.14. The highest BCUT2D eigenvalue weighted by molar-refractivity contribution is 7.80. The molecule has 0 radical (unpaired) electrons. The molecule has 0 atom stereocenters. The molecule has 1 N–H and O–H groups in total. The third-order valence-corrected chi connectivity index (χ3v) is 3.69. The number of anilines is 1. The van der Waals surface area contributed by atoms with Gasteiger partial charge in [0.15, 0.2) is 0 Å². The summed E-state index contributed by atoms with van der Waals surface area (Å²) in [6.07, 6.45) is 2.27. The Hall–Kier alpha value is -1.27. The minimum absolute atomic E-state index is 0.0398. The van der Waals surface area contributed by atoms with Crippen LogP contribution in [0.5, 0.6) is 0 Å². The fourth-order valence-electron chi connectivity index (χ4n) is 2.17. The standard InChI is InChI=1S/C14H22N4OS/c1-17-5-7-18(8-6-17)13-10-12(2-4-15-13)11-16-14(19)3-9-20/h2,4,10,20H,3,5-9,11H2,1H3,(H,16,19). The molecule has 20 heavy (non-hydrogen) atoms. The molecule has 1 saturated heterocycles. The van der Waals surface area contributed by atoms with Crippen molar-refractivity contribution in [1.82, 2.24) is 15.2 Å². The fourth-order valence-corrected chi connectivity index (χ4v) is 2.37. The minimum Gasteiger partial charge on any atom is -0.354 e. The molecule has 6 heteroatoms. The normalized spacial score (nSPS) is 16.2. The maximum absolute atomic E-state index is 11.4. The van der Waals surface area contributed by atoms with E-state index in [9.17, 15) is 4.79 Å². The number of nitrogens with zero attached hydrogens (tertiary/aromatic N) is 3. The first-order valence-electron chi connectivity index (χ1n) is 6.95. The van der Waals surface area contributed by atoms with E-state index in [1.165, 1.54) is 0 Å². The van der Waals surface area contributed by atoms with Gasteiger partial charge in [0.05, 0.1) is 0 Å². The Kier molecular flexibility index (Phi) is 5.67. The van der Waals surface area contributed by atoms with Gasteiger partial charge in [-0.05, 0) is 30.5 Å². The van der Waals surface area contributed by atoms with Crippen molar-refractivity contribution in [3.05, 3.63) is 23.9 Å². The van der Waals surface area contributed by atoms with Crippen molar-refractivity contribution in [3.8, 4) is 0 Å². The second kappa shape index (κ2) is 7.50. The van der Waals surface area contributed by atoms with E-state index >= 15 is 0 Å². The summed E-state index contributed by atoms with van der Waals surface area (Å²) < 4.78 is 0. The number of rotatable bonds is 5. The Labute approximate surface area is 125 Å². The molecule has 1 amide bonds. The van der Waals surface area contributed by atoms with Crippen LogP contribution in [0.25, 0.3) is 0 Å². The molecule has 1 aromatic heterocycles. The molecule has 0 aliphatic carbocycles. The van der Waals surface area contributed by atoms with Gasteiger partial charge in [-0.25, -0.2) is 4.98 Å². The number of carbonyl (C=O) groups is 1. The van der Waals surface area contributed by atoms with Crippen LogP contribution < -0.4 is 10.2 Å². The quantitative estimate of drug-likeness (QED) is 0.788. The number of hydrogen-bond acceptors (Lipinski definition) is 5. The zero-order valence-electron chi connectivity index (χ0n) is 11.9. The predicted octanol–water partition coefficient (Wildman–Crippen LogP) is 0.770. The number of thiol groups is 1. The van der Waals surface area contributed by atoms with E-state index in [1.807, 2.05) is 12.3 Å². The van der Waals surface area contributed by atoms with Crippen LogP contribution in [0.1, 0.15) is 12.0 Å². The third kappa shape index (κ3) is 4.38. The Balaban J connectivity index is 1.92. The molecule has 1 aliphatic heterocycles. The Morgan fingerprint density at radius 3 is 2.85 bits per heavy atom. The van der Waals surface area contributed by atoms with Gasteiger partial charge in [-0.2, -0.15) is 12.6 Å². The number of nitrogens with one attached hydrogen (secondary N) is 1. The summed E-state index contributed by atoms with van der Waals surface area (Å²) in [7, 11) is 2.14. The Bertz CT molecular complexity index is 447. The maximum Gasteiger partial charge on any atom is 0.221 e. The van der Waals surface area contributed by atoms with E-state index in [0.29, 0.717) is 18.7 Å². The monoisotopic (exact) mass is 294 g/mol. The smallest absolute Gasteiger partial charge is 0.221 e. The van der Waals surface area contributed by atoms with Gasteiger partial charge in [-0.15, -0.1) is 0 Å². The first-order valence-corrected chi connectivity index (χ1v) is 7.58. The van der Waals surface area contributed by atoms with Gasteiger partial charge < -0.3 is 15.1 Å². The summed E-state index contributed by atoms with van der Waals surface area (Å²) in [5.41, 5.74) is 1.08. The van der Waals surface area contributed by atoms with Crippen molar-refractivity contribution in [2.75, 3.05) is 43.9 Å². The number of piperazine rings is 1. The molecule has 2 rings (SSSR count). The molecular formula is C14H22N4OS. The van der Waals surface area contributed by atoms with E-state index in [4.69, 9.17) is 0 Å². The molecular weight excluding hydrogens is 272 g/mol. The van der Waals surface area contributed by atoms with Crippen LogP contribution in [0.2, 0.25) is 0 Å². The van der Waals surface area contributed by atoms with Crippen LogP contribution in [-0.2, 0) is 11.3 Å². The van der Waals surface area contributed by atoms with Crippen LogP contribution in [0, 0.1) is 0 Å². The zero-order valence-corrected chi connectivity index (χ0v) is 12.8. The van der Waals surface area contributed by atoms with Gasteiger partial charge in [-0.3, -0.25) is 4.79 Å². The second-order valence-electron chi connectivity index (χ2n) is 5.06. The van der Waals surface area contributed by atoms with Gasteiger partial charge in [0.25, 0.3) is 0 Å². The van der Waals surface area contributed by atoms with Crippen LogP contribution in [0.3, 0.4) is 0 Å². The SMILES string of the molecule is CN1CCN(c2cc(CNC(=O)CCS)ccn2)CC1. The molecule has 0 unspecified atom stereocenters. The summed E-state index contributed by atoms with van der Waals surface area (Å²) in [4.78, 5) is 20.5. The molecule has 0 saturated carbocycles. The first kappa shape index (κ1) is 15.1. The summed E-state index contributed by atoms with van der Waals surface area (Å²) in [6.45, 7) is 4.67. The molecule has 110 valence electrons. The summed E-state index contributed by atoms with van der Waals surface area (Å²) in [5, 5.41) is 2.89. The van der Waals surface area contributed by atoms with Crippen molar-refractivity contribution < 1.29 is 4.79 Å². The van der Waals surface area contributed by atoms with Crippen LogP contribution in [0.4, 0.5) is 5.82 Å². The number of hydrogen-bond donors (Lipinski definition) is 2. The lowest BCUT2D eigenvalue weighted by molar-refractivity contribution is -0.120. The average molecular weight is 294 g/mol. The van der Waals surface area contributed by atoms with Gasteiger partial charge >= 0.3 is 0 Å². The highest BCUT2D eigenvalue weighted by Gasteiger charge is 2.15. The zero-order chi connectivity index (χ0) is 14.4. The van der Waals surface area contributed by atoms with Crippen LogP contribution >= 0.6 is 12.6 Å². The molecule has 1 fully saturated rings. The van der Waals surface area contributed by atoms with E-state index < -0.39 is 0 Å². The van der Waals surface area contributed by atoms with E-state index in [-0.39, 0.29) is 5.91 Å². The maximum atomic E-state index is 11.4. The number of carbonyl (C=O) groups excluding carboxylic acids is 1. The first-order chi connectivity index (χ1) is 9.69. The molecule has 0 spiro atoms. The van der Waals surface area contributed by atoms with Gasteiger partial charge in [0.1, 0.15) is 5.82 Å². The van der Waals surface area contributed by atoms with Crippen molar-refractivity contribution in [1.29, 1.82) is 0 Å². The lowest BCUT2D eigenvalue weighted by Gasteiger charge is -2.33. The van der Waals surface area contributed by atoms with Crippen LogP contribution in [0.15, 0.2) is 18.3 Å². The largest absolute Gasteiger partial charge is 0.354 e. The predicted molar refractivity (Wildman–Crippen MR) is 84.3 cm³/mol. The summed E-state index contributed by atoms with van der Waals surface area (Å²) in [6, 6.07) is 4.01. The molecule has 1 aliphatic rings. The second-order valence-corrected chi connectivity index (χ2v) is 5.51. The van der Waals surface area contributed by atoms with E-state index in [0.717, 1.165) is 37.6 Å². The van der Waals surface area contributed by atoms with E-state index in [1.54, 1.807) is 0 Å². The Morgan fingerprint density at radius 2 is 2.15 bits per heavy atom. The van der Waals surface area contributed by atoms with Crippen LogP contribution in [-0.4, -0.2) is 54.8 Å². The average Bonchev–Trinajstić information content (AvgIpc) is 2.47. The lowest BCUT2D eigenvalue weighted by atomic mass is 10.2. The van der Waals surface area contributed by atoms with Gasteiger partial charge in [-0.1, -0.05) is 0 Å². The van der Waals surface area contributed by atoms with Gasteiger partial charge in [0, 0.05) is 45.3 Å². The molecule has 2 heterocycles. The van der Waals surface area contributed by atoms with Crippen molar-refractivity contribution in [3.63, 3.8) is 0 Å². The van der Waals surface area contributed by atoms with E-state index in [2.05, 4.69) is 45.8 Å². The summed E-state index contributed by atoms with van der Waals surface area (Å²) >= 11 is 4.05. The molecule has 1 aromatic rings. The highest BCUT2D eigenvalue weighted by atomic mass is 32.1. The lowest BCUT2D eigenvalue weighted by Crippen LogP contribution is -2.44. The number of pyridine rings is 1. The molecule has 0 aromatic carbocycles. The van der Waals surface area contributed by atoms with Gasteiger partial charge in [0.2, 0.25) is 5.91 Å². The topological polar surface area (TPSA) is 48.5 Å². The number of amides is 1.